The van der Waals surface area contributed by atoms with Crippen molar-refractivity contribution in [3.8, 4) is 0 Å². The summed E-state index contributed by atoms with van der Waals surface area (Å²) in [5.41, 5.74) is 0.892. The maximum absolute atomic E-state index is 12.4. The van der Waals surface area contributed by atoms with E-state index in [2.05, 4.69) is 35.2 Å². The Kier molecular flexibility index (Phi) is 4.24. The van der Waals surface area contributed by atoms with Crippen LogP contribution in [-0.4, -0.2) is 12.5 Å². The number of benzene rings is 1. The summed E-state index contributed by atoms with van der Waals surface area (Å²) in [4.78, 5) is 13.5. The fourth-order valence-corrected chi connectivity index (χ4v) is 3.56. The monoisotopic (exact) mass is 302 g/mol. The van der Waals surface area contributed by atoms with Gasteiger partial charge in [0.2, 0.25) is 5.91 Å². The molecule has 0 saturated heterocycles. The van der Waals surface area contributed by atoms with Gasteiger partial charge in [-0.05, 0) is 55.7 Å². The molecule has 1 aliphatic heterocycles. The van der Waals surface area contributed by atoms with Gasteiger partial charge in [-0.1, -0.05) is 31.2 Å². The number of rotatable bonds is 0. The molecule has 3 rings (SSSR count). The quantitative estimate of drug-likeness (QED) is 0.562. The third-order valence-corrected chi connectivity index (χ3v) is 5.31. The summed E-state index contributed by atoms with van der Waals surface area (Å²) in [5.74, 6) is 0.559. The molecule has 1 fully saturated rings. The van der Waals surface area contributed by atoms with Crippen molar-refractivity contribution in [1.82, 2.24) is 4.72 Å². The molecule has 2 unspecified atom stereocenters. The van der Waals surface area contributed by atoms with Gasteiger partial charge in [-0.15, -0.1) is 0 Å². The normalized spacial score (nSPS) is 30.9. The van der Waals surface area contributed by atoms with Gasteiger partial charge in [0.25, 0.3) is 0 Å². The first kappa shape index (κ1) is 14.5. The summed E-state index contributed by atoms with van der Waals surface area (Å²) < 4.78 is 3.03. The maximum atomic E-state index is 12.4. The largest absolute Gasteiger partial charge is 0.384 e. The minimum atomic E-state index is -0.212. The number of allylic oxidation sites excluding steroid dienone is 2. The van der Waals surface area contributed by atoms with Crippen LogP contribution < -0.4 is 10.0 Å². The first-order valence-electron chi connectivity index (χ1n) is 7.67. The first-order valence-corrected chi connectivity index (χ1v) is 8.49. The molecule has 1 aromatic carbocycles. The number of carbonyl (C=O) groups is 1. The molecule has 1 amide bonds. The van der Waals surface area contributed by atoms with E-state index >= 15 is 0 Å². The number of hydrogen-bond acceptors (Lipinski definition) is 3. The van der Waals surface area contributed by atoms with Crippen molar-refractivity contribution in [1.29, 1.82) is 0 Å². The molecule has 3 nitrogen and oxygen atoms in total. The Hall–Kier alpha value is -1.42. The average molecular weight is 302 g/mol. The Morgan fingerprint density at radius 3 is 3.05 bits per heavy atom. The lowest BCUT2D eigenvalue weighted by Crippen LogP contribution is -2.26. The summed E-state index contributed by atoms with van der Waals surface area (Å²) in [5, 5.41) is 3.47. The van der Waals surface area contributed by atoms with Gasteiger partial charge in [-0.2, -0.15) is 0 Å². The topological polar surface area (TPSA) is 41.1 Å². The van der Waals surface area contributed by atoms with Gasteiger partial charge in [0.05, 0.1) is 10.3 Å². The Morgan fingerprint density at radius 2 is 2.14 bits per heavy atom. The molecular formula is C17H22N2OS. The van der Waals surface area contributed by atoms with Crippen LogP contribution in [0.3, 0.4) is 0 Å². The lowest BCUT2D eigenvalue weighted by Gasteiger charge is -2.14. The number of nitrogens with one attached hydrogen (secondary N) is 2. The Bertz CT molecular complexity index is 557. The van der Waals surface area contributed by atoms with Crippen molar-refractivity contribution >= 4 is 23.5 Å². The molecule has 1 saturated carbocycles. The van der Waals surface area contributed by atoms with E-state index in [0.717, 1.165) is 36.4 Å². The van der Waals surface area contributed by atoms with Gasteiger partial charge in [-0.3, -0.25) is 9.52 Å². The summed E-state index contributed by atoms with van der Waals surface area (Å²) >= 11 is 1.42. The zero-order chi connectivity index (χ0) is 14.7. The Morgan fingerprint density at radius 1 is 1.29 bits per heavy atom. The number of hydrogen-bond donors (Lipinski definition) is 2. The SMILES string of the molecule is CC12CC1/C=C\CCCCNc1ccccc1SNC2=O. The van der Waals surface area contributed by atoms with Gasteiger partial charge in [0, 0.05) is 12.2 Å². The van der Waals surface area contributed by atoms with Crippen molar-refractivity contribution in [3.05, 3.63) is 36.4 Å². The minimum Gasteiger partial charge on any atom is -0.384 e. The van der Waals surface area contributed by atoms with Gasteiger partial charge >= 0.3 is 0 Å². The van der Waals surface area contributed by atoms with Crippen LogP contribution in [-0.2, 0) is 4.79 Å². The van der Waals surface area contributed by atoms with E-state index < -0.39 is 0 Å². The van der Waals surface area contributed by atoms with Crippen molar-refractivity contribution in [2.45, 2.75) is 37.5 Å². The van der Waals surface area contributed by atoms with E-state index in [1.165, 1.54) is 18.4 Å². The lowest BCUT2D eigenvalue weighted by atomic mass is 10.1. The smallest absolute Gasteiger partial charge is 0.236 e. The number of fused-ring (bicyclic) bond motifs is 2. The molecule has 0 aromatic heterocycles. The number of amides is 1. The minimum absolute atomic E-state index is 0.147. The molecule has 21 heavy (non-hydrogen) atoms. The van der Waals surface area contributed by atoms with E-state index in [0.29, 0.717) is 5.92 Å². The lowest BCUT2D eigenvalue weighted by molar-refractivity contribution is -0.124. The average Bonchev–Trinajstić information content (AvgIpc) is 3.16. The molecule has 1 heterocycles. The van der Waals surface area contributed by atoms with Gasteiger partial charge in [-0.25, -0.2) is 0 Å². The van der Waals surface area contributed by atoms with Crippen LogP contribution >= 0.6 is 11.9 Å². The zero-order valence-corrected chi connectivity index (χ0v) is 13.2. The van der Waals surface area contributed by atoms with Crippen molar-refractivity contribution in [2.75, 3.05) is 11.9 Å². The maximum Gasteiger partial charge on any atom is 0.236 e. The van der Waals surface area contributed by atoms with Crippen LogP contribution in [0.2, 0.25) is 0 Å². The van der Waals surface area contributed by atoms with Gasteiger partial charge in [0.15, 0.2) is 0 Å². The molecule has 1 aromatic rings. The third kappa shape index (κ3) is 3.26. The van der Waals surface area contributed by atoms with Crippen molar-refractivity contribution in [2.24, 2.45) is 11.3 Å². The summed E-state index contributed by atoms with van der Waals surface area (Å²) in [6, 6.07) is 8.15. The van der Waals surface area contributed by atoms with Gasteiger partial charge in [0.1, 0.15) is 0 Å². The molecule has 0 radical (unpaired) electrons. The number of carbonyl (C=O) groups excluding carboxylic acids is 1. The predicted octanol–water partition coefficient (Wildman–Crippen LogP) is 3.99. The van der Waals surface area contributed by atoms with Crippen LogP contribution in [0.15, 0.2) is 41.3 Å². The summed E-state index contributed by atoms with van der Waals surface area (Å²) in [6.45, 7) is 3.04. The fourth-order valence-electron chi connectivity index (χ4n) is 2.73. The standard InChI is InChI=1S/C17H22N2OS/c1-17-12-13(17)8-4-2-3-7-11-18-14-9-5-6-10-15(14)21-19-16(17)20/h4-6,8-10,13,18H,2-3,7,11-12H2,1H3,(H,19,20)/b8-4-. The van der Waals surface area contributed by atoms with Crippen LogP contribution in [0.1, 0.15) is 32.6 Å². The second kappa shape index (κ2) is 6.14. The van der Waals surface area contributed by atoms with Gasteiger partial charge < -0.3 is 5.32 Å². The fraction of sp³-hybridized carbons (Fsp3) is 0.471. The van der Waals surface area contributed by atoms with Crippen LogP contribution in [0.25, 0.3) is 0 Å². The summed E-state index contributed by atoms with van der Waals surface area (Å²) in [7, 11) is 0. The van der Waals surface area contributed by atoms with E-state index in [9.17, 15) is 4.79 Å². The van der Waals surface area contributed by atoms with Crippen molar-refractivity contribution in [3.63, 3.8) is 0 Å². The highest BCUT2D eigenvalue weighted by Crippen LogP contribution is 2.53. The first-order chi connectivity index (χ1) is 10.2. The number of para-hydroxylation sites is 1. The van der Waals surface area contributed by atoms with Crippen LogP contribution in [0, 0.1) is 11.3 Å². The molecule has 1 aliphatic carbocycles. The highest BCUT2D eigenvalue weighted by Gasteiger charge is 2.54. The molecule has 2 atom stereocenters. The molecular weight excluding hydrogens is 280 g/mol. The van der Waals surface area contributed by atoms with E-state index in [-0.39, 0.29) is 11.3 Å². The molecule has 112 valence electrons. The highest BCUT2D eigenvalue weighted by atomic mass is 32.2. The van der Waals surface area contributed by atoms with Crippen LogP contribution in [0.5, 0.6) is 0 Å². The van der Waals surface area contributed by atoms with E-state index in [1.54, 1.807) is 0 Å². The molecule has 4 heteroatoms. The molecule has 0 bridgehead atoms. The zero-order valence-electron chi connectivity index (χ0n) is 12.4. The second-order valence-corrected chi connectivity index (χ2v) is 6.96. The van der Waals surface area contributed by atoms with Crippen LogP contribution in [0.4, 0.5) is 5.69 Å². The molecule has 2 aliphatic rings. The summed E-state index contributed by atoms with van der Waals surface area (Å²) in [6.07, 6.45) is 8.90. The Labute approximate surface area is 130 Å². The number of anilines is 1. The van der Waals surface area contributed by atoms with Crippen molar-refractivity contribution < 1.29 is 4.79 Å². The molecule has 2 N–H and O–H groups in total. The molecule has 0 spiro atoms. The highest BCUT2D eigenvalue weighted by molar-refractivity contribution is 7.98. The predicted molar refractivity (Wildman–Crippen MR) is 88.1 cm³/mol. The Balaban J connectivity index is 1.75. The van der Waals surface area contributed by atoms with E-state index in [1.807, 2.05) is 18.2 Å². The second-order valence-electron chi connectivity index (χ2n) is 6.11. The third-order valence-electron chi connectivity index (χ3n) is 4.44. The van der Waals surface area contributed by atoms with E-state index in [4.69, 9.17) is 0 Å².